The Labute approximate surface area is 138 Å². The second-order valence-electron chi connectivity index (χ2n) is 6.19. The van der Waals surface area contributed by atoms with Crippen molar-refractivity contribution < 1.29 is 13.2 Å². The van der Waals surface area contributed by atoms with Gasteiger partial charge in [0.1, 0.15) is 0 Å². The molecule has 0 saturated carbocycles. The molecule has 1 aromatic rings. The molecule has 1 heterocycles. The van der Waals surface area contributed by atoms with E-state index in [9.17, 15) is 13.2 Å². The number of carbonyl (C=O) groups is 1. The number of carbonyl (C=O) groups excluding carboxylic acids is 1. The summed E-state index contributed by atoms with van der Waals surface area (Å²) in [6, 6.07) is 8.47. The monoisotopic (exact) mass is 339 g/mol. The van der Waals surface area contributed by atoms with Gasteiger partial charge in [0.25, 0.3) is 0 Å². The van der Waals surface area contributed by atoms with Crippen LogP contribution in [0.4, 0.5) is 0 Å². The van der Waals surface area contributed by atoms with E-state index < -0.39 is 10.0 Å². The normalized spacial score (nSPS) is 17.3. The zero-order valence-electron chi connectivity index (χ0n) is 13.7. The van der Waals surface area contributed by atoms with Crippen LogP contribution in [0, 0.1) is 5.92 Å². The molecule has 1 saturated heterocycles. The first-order valence-electron chi connectivity index (χ1n) is 7.94. The van der Waals surface area contributed by atoms with Gasteiger partial charge in [-0.1, -0.05) is 32.0 Å². The lowest BCUT2D eigenvalue weighted by atomic mass is 10.2. The summed E-state index contributed by atoms with van der Waals surface area (Å²) in [7, 11) is -3.43. The molecule has 0 spiro atoms. The van der Waals surface area contributed by atoms with E-state index in [1.54, 1.807) is 30.3 Å². The maximum Gasteiger partial charge on any atom is 0.243 e. The van der Waals surface area contributed by atoms with Crippen LogP contribution >= 0.6 is 0 Å². The van der Waals surface area contributed by atoms with E-state index >= 15 is 0 Å². The quantitative estimate of drug-likeness (QED) is 0.831. The van der Waals surface area contributed by atoms with Gasteiger partial charge in [0, 0.05) is 32.7 Å². The summed E-state index contributed by atoms with van der Waals surface area (Å²) in [5.41, 5.74) is 0. The molecule has 6 nitrogen and oxygen atoms in total. The van der Waals surface area contributed by atoms with Gasteiger partial charge in [-0.3, -0.25) is 9.69 Å². The zero-order chi connectivity index (χ0) is 16.9. The van der Waals surface area contributed by atoms with Crippen LogP contribution in [0.15, 0.2) is 35.2 Å². The average molecular weight is 339 g/mol. The SMILES string of the molecule is CC(C)CNC(=O)CN1CCN(S(=O)(=O)c2ccccc2)CC1. The summed E-state index contributed by atoms with van der Waals surface area (Å²) >= 11 is 0. The second-order valence-corrected chi connectivity index (χ2v) is 8.13. The molecule has 128 valence electrons. The highest BCUT2D eigenvalue weighted by Gasteiger charge is 2.28. The lowest BCUT2D eigenvalue weighted by Gasteiger charge is -2.33. The van der Waals surface area contributed by atoms with Gasteiger partial charge in [0.05, 0.1) is 11.4 Å². The molecule has 0 radical (unpaired) electrons. The Balaban J connectivity index is 1.85. The molecule has 2 rings (SSSR count). The third-order valence-corrected chi connectivity index (χ3v) is 5.70. The van der Waals surface area contributed by atoms with Gasteiger partial charge in [0.2, 0.25) is 15.9 Å². The van der Waals surface area contributed by atoms with Crippen molar-refractivity contribution in [3.8, 4) is 0 Å². The summed E-state index contributed by atoms with van der Waals surface area (Å²) in [6.45, 7) is 7.06. The van der Waals surface area contributed by atoms with Crippen LogP contribution < -0.4 is 5.32 Å². The minimum absolute atomic E-state index is 0.00179. The smallest absolute Gasteiger partial charge is 0.243 e. The number of rotatable bonds is 6. The summed E-state index contributed by atoms with van der Waals surface area (Å²) < 4.78 is 26.5. The van der Waals surface area contributed by atoms with Crippen LogP contribution in [0.2, 0.25) is 0 Å². The summed E-state index contributed by atoms with van der Waals surface area (Å²) in [4.78, 5) is 14.1. The fourth-order valence-corrected chi connectivity index (χ4v) is 3.89. The first kappa shape index (κ1) is 17.9. The maximum atomic E-state index is 12.5. The van der Waals surface area contributed by atoms with E-state index in [1.165, 1.54) is 4.31 Å². The van der Waals surface area contributed by atoms with Crippen molar-refractivity contribution in [1.82, 2.24) is 14.5 Å². The zero-order valence-corrected chi connectivity index (χ0v) is 14.6. The first-order valence-corrected chi connectivity index (χ1v) is 9.38. The predicted molar refractivity (Wildman–Crippen MR) is 89.5 cm³/mol. The minimum Gasteiger partial charge on any atom is -0.355 e. The molecule has 1 aromatic carbocycles. The van der Waals surface area contributed by atoms with E-state index in [-0.39, 0.29) is 5.91 Å². The average Bonchev–Trinajstić information content (AvgIpc) is 2.54. The van der Waals surface area contributed by atoms with E-state index in [4.69, 9.17) is 0 Å². The molecule has 0 aromatic heterocycles. The Bertz CT molecular complexity index is 609. The third kappa shape index (κ3) is 5.02. The van der Waals surface area contributed by atoms with Crippen LogP contribution in [0.1, 0.15) is 13.8 Å². The van der Waals surface area contributed by atoms with Gasteiger partial charge >= 0.3 is 0 Å². The van der Waals surface area contributed by atoms with Crippen molar-refractivity contribution in [3.63, 3.8) is 0 Å². The first-order chi connectivity index (χ1) is 10.9. The predicted octanol–water partition coefficient (Wildman–Crippen LogP) is 0.765. The fourth-order valence-electron chi connectivity index (χ4n) is 2.45. The van der Waals surface area contributed by atoms with Crippen molar-refractivity contribution in [1.29, 1.82) is 0 Å². The van der Waals surface area contributed by atoms with Crippen LogP contribution in [-0.2, 0) is 14.8 Å². The number of nitrogens with one attached hydrogen (secondary N) is 1. The molecule has 1 N–H and O–H groups in total. The largest absolute Gasteiger partial charge is 0.355 e. The van der Waals surface area contributed by atoms with Gasteiger partial charge in [-0.15, -0.1) is 0 Å². The highest BCUT2D eigenvalue weighted by molar-refractivity contribution is 7.89. The number of sulfonamides is 1. The Kier molecular flexibility index (Phi) is 6.15. The van der Waals surface area contributed by atoms with Gasteiger partial charge in [0.15, 0.2) is 0 Å². The second kappa shape index (κ2) is 7.90. The number of hydrogen-bond donors (Lipinski definition) is 1. The third-order valence-electron chi connectivity index (χ3n) is 3.79. The van der Waals surface area contributed by atoms with Gasteiger partial charge in [-0.2, -0.15) is 4.31 Å². The summed E-state index contributed by atoms with van der Waals surface area (Å²) in [5, 5.41) is 2.88. The molecule has 7 heteroatoms. The number of nitrogens with zero attached hydrogens (tertiary/aromatic N) is 2. The van der Waals surface area contributed by atoms with Gasteiger partial charge in [-0.25, -0.2) is 8.42 Å². The Morgan fingerprint density at radius 1 is 1.13 bits per heavy atom. The Morgan fingerprint density at radius 3 is 2.30 bits per heavy atom. The highest BCUT2D eigenvalue weighted by atomic mass is 32.2. The molecule has 0 unspecified atom stereocenters. The summed E-state index contributed by atoms with van der Waals surface area (Å²) in [6.07, 6.45) is 0. The molecule has 23 heavy (non-hydrogen) atoms. The fraction of sp³-hybridized carbons (Fsp3) is 0.562. The van der Waals surface area contributed by atoms with Gasteiger partial charge < -0.3 is 5.32 Å². The Hall–Kier alpha value is -1.44. The van der Waals surface area contributed by atoms with Gasteiger partial charge in [-0.05, 0) is 18.1 Å². The molecule has 1 aliphatic rings. The molecular formula is C16H25N3O3S. The minimum atomic E-state index is -3.43. The van der Waals surface area contributed by atoms with Crippen molar-refractivity contribution in [3.05, 3.63) is 30.3 Å². The number of hydrogen-bond acceptors (Lipinski definition) is 4. The van der Waals surface area contributed by atoms with Crippen LogP contribution in [0.3, 0.4) is 0 Å². The molecular weight excluding hydrogens is 314 g/mol. The lowest BCUT2D eigenvalue weighted by Crippen LogP contribution is -2.51. The standard InChI is InChI=1S/C16H25N3O3S/c1-14(2)12-17-16(20)13-18-8-10-19(11-9-18)23(21,22)15-6-4-3-5-7-15/h3-7,14H,8-13H2,1-2H3,(H,17,20). The van der Waals surface area contributed by atoms with E-state index in [0.717, 1.165) is 0 Å². The van der Waals surface area contributed by atoms with E-state index in [1.807, 2.05) is 18.7 Å². The number of benzene rings is 1. The van der Waals surface area contributed by atoms with Crippen LogP contribution in [-0.4, -0.2) is 62.8 Å². The van der Waals surface area contributed by atoms with E-state index in [0.29, 0.717) is 50.1 Å². The van der Waals surface area contributed by atoms with Crippen LogP contribution in [0.25, 0.3) is 0 Å². The molecule has 1 fully saturated rings. The van der Waals surface area contributed by atoms with Crippen molar-refractivity contribution in [2.45, 2.75) is 18.7 Å². The van der Waals surface area contributed by atoms with Crippen LogP contribution in [0.5, 0.6) is 0 Å². The molecule has 0 aliphatic carbocycles. The van der Waals surface area contributed by atoms with E-state index in [2.05, 4.69) is 5.32 Å². The highest BCUT2D eigenvalue weighted by Crippen LogP contribution is 2.16. The Morgan fingerprint density at radius 2 is 1.74 bits per heavy atom. The van der Waals surface area contributed by atoms with Crippen molar-refractivity contribution >= 4 is 15.9 Å². The summed E-state index contributed by atoms with van der Waals surface area (Å²) in [5.74, 6) is 0.421. The van der Waals surface area contributed by atoms with Crippen molar-refractivity contribution in [2.24, 2.45) is 5.92 Å². The lowest BCUT2D eigenvalue weighted by molar-refractivity contribution is -0.122. The topological polar surface area (TPSA) is 69.7 Å². The molecule has 0 bridgehead atoms. The number of piperazine rings is 1. The number of amides is 1. The molecule has 1 amide bonds. The molecule has 0 atom stereocenters. The maximum absolute atomic E-state index is 12.5. The van der Waals surface area contributed by atoms with Crippen molar-refractivity contribution in [2.75, 3.05) is 39.3 Å². The molecule has 1 aliphatic heterocycles.